The Bertz CT molecular complexity index is 752. The average Bonchev–Trinajstić information content (AvgIpc) is 2.58. The van der Waals surface area contributed by atoms with Crippen LogP contribution in [-0.4, -0.2) is 0 Å². The molecule has 3 rings (SSSR count). The van der Waals surface area contributed by atoms with E-state index in [2.05, 4.69) is 63.2 Å². The van der Waals surface area contributed by atoms with Crippen molar-refractivity contribution >= 4 is 17.3 Å². The van der Waals surface area contributed by atoms with E-state index in [0.717, 1.165) is 5.02 Å². The second kappa shape index (κ2) is 7.56. The van der Waals surface area contributed by atoms with E-state index in [9.17, 15) is 0 Å². The number of benzene rings is 2. The summed E-state index contributed by atoms with van der Waals surface area (Å²) in [7, 11) is 0. The number of aromatic nitrogens is 1. The Balaban J connectivity index is 1.98. The molecule has 1 nitrogen and oxygen atoms in total. The van der Waals surface area contributed by atoms with Gasteiger partial charge >= 0.3 is 21.2 Å². The molecule has 1 aromatic heterocycles. The van der Waals surface area contributed by atoms with Crippen LogP contribution in [0.15, 0.2) is 89.3 Å². The van der Waals surface area contributed by atoms with Crippen LogP contribution in [0.4, 0.5) is 0 Å². The Morgan fingerprint density at radius 2 is 1.41 bits per heavy atom. The van der Waals surface area contributed by atoms with Crippen molar-refractivity contribution < 1.29 is 25.8 Å². The van der Waals surface area contributed by atoms with E-state index < -0.39 is 0 Å². The molecule has 3 heteroatoms. The molecule has 0 saturated heterocycles. The van der Waals surface area contributed by atoms with Crippen LogP contribution < -0.4 is 25.8 Å². The molecule has 0 fully saturated rings. The van der Waals surface area contributed by atoms with Gasteiger partial charge in [0.05, 0.1) is 10.6 Å². The zero-order chi connectivity index (χ0) is 15.2. The molecule has 0 spiro atoms. The van der Waals surface area contributed by atoms with Gasteiger partial charge in [-0.1, -0.05) is 48.0 Å². The zero-order valence-electron chi connectivity index (χ0n) is 11.9. The van der Waals surface area contributed by atoms with Crippen molar-refractivity contribution in [1.82, 2.24) is 0 Å². The van der Waals surface area contributed by atoms with E-state index in [-0.39, 0.29) is 21.2 Å². The lowest BCUT2D eigenvalue weighted by Crippen LogP contribution is -3.59. The fourth-order valence-electron chi connectivity index (χ4n) is 2.05. The quantitative estimate of drug-likeness (QED) is 0.445. The van der Waals surface area contributed by atoms with Gasteiger partial charge in [0.1, 0.15) is 0 Å². The first-order chi connectivity index (χ1) is 10.8. The zero-order valence-corrected chi connectivity index (χ0v) is 14.8. The summed E-state index contributed by atoms with van der Waals surface area (Å²) in [5.74, 6) is 0. The molecule has 0 amide bonds. The van der Waals surface area contributed by atoms with E-state index in [1.165, 1.54) is 14.8 Å². The highest BCUT2D eigenvalue weighted by molar-refractivity contribution is 6.30. The Morgan fingerprint density at radius 1 is 0.818 bits per heavy atom. The fraction of sp³-hybridized carbons (Fsp3) is 0. The van der Waals surface area contributed by atoms with Crippen LogP contribution in [0.25, 0.3) is 5.70 Å². The molecule has 0 radical (unpaired) electrons. The molecule has 0 saturated carbocycles. The first-order valence-electron chi connectivity index (χ1n) is 6.94. The maximum absolute atomic E-state index is 6.01. The number of halogens is 2. The van der Waals surface area contributed by atoms with Crippen LogP contribution in [0.1, 0.15) is 5.56 Å². The molecule has 3 aromatic rings. The van der Waals surface area contributed by atoms with E-state index >= 15 is 0 Å². The van der Waals surface area contributed by atoms with Gasteiger partial charge in [-0.2, -0.15) is 4.57 Å². The smallest absolute Gasteiger partial charge is 0.163 e. The SMILES string of the molecule is Clc1cc[n+](/C(=C/[I+]c2ccccc2)c2ccccc2)cc1. The second-order valence-electron chi connectivity index (χ2n) is 4.69. The third-order valence-corrected chi connectivity index (χ3v) is 5.75. The lowest BCUT2D eigenvalue weighted by atomic mass is 10.2. The molecule has 0 unspecified atom stereocenters. The van der Waals surface area contributed by atoms with E-state index in [1.54, 1.807) is 0 Å². The highest BCUT2D eigenvalue weighted by Crippen LogP contribution is 2.10. The summed E-state index contributed by atoms with van der Waals surface area (Å²) >= 11 is 5.82. The molecule has 108 valence electrons. The Hall–Kier alpha value is -1.65. The summed E-state index contributed by atoms with van der Waals surface area (Å²) in [6.45, 7) is 0. The van der Waals surface area contributed by atoms with Crippen LogP contribution in [0, 0.1) is 3.57 Å². The molecule has 0 aliphatic rings. The summed E-state index contributed by atoms with van der Waals surface area (Å²) in [5.41, 5.74) is 2.42. The van der Waals surface area contributed by atoms with Gasteiger partial charge in [-0.15, -0.1) is 0 Å². The summed E-state index contributed by atoms with van der Waals surface area (Å²) in [6, 6.07) is 24.9. The second-order valence-corrected chi connectivity index (χ2v) is 7.62. The Morgan fingerprint density at radius 3 is 2.05 bits per heavy atom. The molecule has 0 aliphatic carbocycles. The molecular formula is C19H15ClIN+2. The van der Waals surface area contributed by atoms with Crippen molar-refractivity contribution in [2.24, 2.45) is 0 Å². The van der Waals surface area contributed by atoms with Gasteiger partial charge in [-0.3, -0.25) is 0 Å². The topological polar surface area (TPSA) is 3.88 Å². The standard InChI is InChI=1S/C19H15ClIN/c20-17-11-13-22(14-12-17)19(16-7-3-1-4-8-16)15-21-18-9-5-2-6-10-18/h1-15H/q+2/b19-15+. The average molecular weight is 420 g/mol. The van der Waals surface area contributed by atoms with Gasteiger partial charge < -0.3 is 0 Å². The fourth-order valence-corrected chi connectivity index (χ4v) is 4.33. The third kappa shape index (κ3) is 3.96. The molecule has 1 heterocycles. The van der Waals surface area contributed by atoms with Crippen LogP contribution in [0.2, 0.25) is 5.02 Å². The number of rotatable bonds is 4. The maximum Gasteiger partial charge on any atom is 0.356 e. The summed E-state index contributed by atoms with van der Waals surface area (Å²) < 4.78 is 5.89. The van der Waals surface area contributed by atoms with Gasteiger partial charge in [0.25, 0.3) is 5.70 Å². The molecule has 22 heavy (non-hydrogen) atoms. The van der Waals surface area contributed by atoms with Crippen LogP contribution in [-0.2, 0) is 0 Å². The predicted octanol–water partition coefficient (Wildman–Crippen LogP) is 1.43. The number of nitrogens with zero attached hydrogens (tertiary/aromatic N) is 1. The van der Waals surface area contributed by atoms with Crippen molar-refractivity contribution in [3.8, 4) is 0 Å². The number of pyridine rings is 1. The highest BCUT2D eigenvalue weighted by Gasteiger charge is 2.19. The van der Waals surface area contributed by atoms with Crippen molar-refractivity contribution in [2.75, 3.05) is 0 Å². The van der Waals surface area contributed by atoms with E-state index in [1.807, 2.05) is 30.6 Å². The number of hydrogen-bond acceptors (Lipinski definition) is 0. The highest BCUT2D eigenvalue weighted by atomic mass is 127. The summed E-state index contributed by atoms with van der Waals surface area (Å²) in [5, 5.41) is 0.751. The first kappa shape index (κ1) is 15.3. The van der Waals surface area contributed by atoms with Crippen molar-refractivity contribution in [1.29, 1.82) is 0 Å². The van der Waals surface area contributed by atoms with Crippen molar-refractivity contribution in [3.63, 3.8) is 0 Å². The largest absolute Gasteiger partial charge is 0.356 e. The third-order valence-electron chi connectivity index (χ3n) is 3.15. The maximum atomic E-state index is 6.01. The van der Waals surface area contributed by atoms with Crippen LogP contribution in [0.5, 0.6) is 0 Å². The molecule has 0 N–H and O–H groups in total. The lowest BCUT2D eigenvalue weighted by molar-refractivity contribution is -0.602. The predicted molar refractivity (Wildman–Crippen MR) is 86.6 cm³/mol. The van der Waals surface area contributed by atoms with Crippen molar-refractivity contribution in [3.05, 3.63) is 103 Å². The van der Waals surface area contributed by atoms with Gasteiger partial charge in [0.15, 0.2) is 16.0 Å². The first-order valence-corrected chi connectivity index (χ1v) is 9.64. The normalized spacial score (nSPS) is 11.4. The monoisotopic (exact) mass is 419 g/mol. The van der Waals surface area contributed by atoms with Crippen LogP contribution in [0.3, 0.4) is 0 Å². The van der Waals surface area contributed by atoms with Crippen LogP contribution >= 0.6 is 11.6 Å². The van der Waals surface area contributed by atoms with Gasteiger partial charge in [0.2, 0.25) is 4.08 Å². The van der Waals surface area contributed by atoms with E-state index in [0.29, 0.717) is 0 Å². The summed E-state index contributed by atoms with van der Waals surface area (Å²) in [4.78, 5) is 0. The van der Waals surface area contributed by atoms with Gasteiger partial charge in [-0.05, 0) is 24.3 Å². The number of hydrogen-bond donors (Lipinski definition) is 0. The van der Waals surface area contributed by atoms with Crippen molar-refractivity contribution in [2.45, 2.75) is 0 Å². The molecule has 0 bridgehead atoms. The summed E-state index contributed by atoms with van der Waals surface area (Å²) in [6.07, 6.45) is 4.02. The van der Waals surface area contributed by atoms with E-state index in [4.69, 9.17) is 11.6 Å². The molecular weight excluding hydrogens is 405 g/mol. The minimum absolute atomic E-state index is 0.189. The molecule has 0 atom stereocenters. The Kier molecular flexibility index (Phi) is 5.24. The van der Waals surface area contributed by atoms with Gasteiger partial charge in [0, 0.05) is 12.1 Å². The molecule has 0 aliphatic heterocycles. The minimum Gasteiger partial charge on any atom is -0.163 e. The molecule has 2 aromatic carbocycles. The Labute approximate surface area is 146 Å². The minimum atomic E-state index is -0.189. The van der Waals surface area contributed by atoms with Gasteiger partial charge in [-0.25, -0.2) is 0 Å². The lowest BCUT2D eigenvalue weighted by Gasteiger charge is -1.99.